The number of nitrogens with zero attached hydrogens (tertiary/aromatic N) is 9. The highest BCUT2D eigenvalue weighted by Crippen LogP contribution is 2.36. The average molecular weight is 693 g/mol. The first-order valence-electron chi connectivity index (χ1n) is 17.3. The van der Waals surface area contributed by atoms with Gasteiger partial charge in [0.2, 0.25) is 5.95 Å². The molecule has 0 radical (unpaired) electrons. The summed E-state index contributed by atoms with van der Waals surface area (Å²) in [6.45, 7) is 10.9. The first kappa shape index (κ1) is 33.6. The number of aromatic nitrogens is 8. The van der Waals surface area contributed by atoms with Crippen molar-refractivity contribution in [2.24, 2.45) is 5.92 Å². The van der Waals surface area contributed by atoms with Gasteiger partial charge >= 0.3 is 0 Å². The summed E-state index contributed by atoms with van der Waals surface area (Å²) in [5.41, 5.74) is 2.31. The fraction of sp³-hybridized carbons (Fsp3) is 0.588. The van der Waals surface area contributed by atoms with E-state index in [0.717, 1.165) is 75.4 Å². The number of anilines is 2. The van der Waals surface area contributed by atoms with Crippen molar-refractivity contribution in [1.82, 2.24) is 44.9 Å². The molecule has 1 aliphatic carbocycles. The monoisotopic (exact) mass is 692 g/mol. The normalized spacial score (nSPS) is 23.9. The molecule has 1 N–H and O–H groups in total. The minimum Gasteiger partial charge on any atom is -0.487 e. The molecule has 2 aliphatic heterocycles. The summed E-state index contributed by atoms with van der Waals surface area (Å²) in [5.74, 6) is 2.09. The van der Waals surface area contributed by atoms with Crippen molar-refractivity contribution in [1.29, 1.82) is 0 Å². The van der Waals surface area contributed by atoms with Crippen molar-refractivity contribution in [3.8, 4) is 22.9 Å². The highest BCUT2D eigenvalue weighted by Gasteiger charge is 2.32. The van der Waals surface area contributed by atoms with E-state index in [9.17, 15) is 0 Å². The quantitative estimate of drug-likeness (QED) is 0.197. The van der Waals surface area contributed by atoms with Gasteiger partial charge in [-0.05, 0) is 81.5 Å². The number of nitrogens with one attached hydrogen (secondary N) is 1. The van der Waals surface area contributed by atoms with Gasteiger partial charge in [0.05, 0.1) is 61.5 Å². The maximum absolute atomic E-state index is 6.51. The zero-order valence-corrected chi connectivity index (χ0v) is 29.1. The van der Waals surface area contributed by atoms with Gasteiger partial charge in [-0.15, -0.1) is 10.2 Å². The molecular weight excluding hydrogens is 648 g/mol. The summed E-state index contributed by atoms with van der Waals surface area (Å²) in [6, 6.07) is 8.35. The van der Waals surface area contributed by atoms with E-state index in [1.165, 1.54) is 0 Å². The second-order valence-electron chi connectivity index (χ2n) is 13.5. The maximum atomic E-state index is 6.51. The van der Waals surface area contributed by atoms with E-state index in [2.05, 4.69) is 49.3 Å². The van der Waals surface area contributed by atoms with Crippen molar-refractivity contribution in [2.75, 3.05) is 38.2 Å². The third kappa shape index (κ3) is 8.48. The molecule has 15 heteroatoms. The molecule has 1 saturated carbocycles. The third-order valence-corrected chi connectivity index (χ3v) is 9.78. The molecule has 1 aromatic carbocycles. The van der Waals surface area contributed by atoms with E-state index in [4.69, 9.17) is 40.6 Å². The topological polar surface area (TPSA) is 139 Å². The Morgan fingerprint density at radius 1 is 1.06 bits per heavy atom. The standard InChI is InChI=1S/C34H45ClN10O4/c1-22-15-43(16-23(2)48-22)27-5-7-28(8-6-27)45-18-31(33(40-45)47-13-11-25-19-46-20-25)39-34-36-12-10-30(38-34)26-4-9-29(35)32(14-26)49-24(3)17-44-21-37-41-42-44/h4,9-10,12,14,18,21-25,27-28H,5-8,11,13,15-17,19-20H2,1-3H3,(H,36,38,39)/t22-,23+,24-,27?,28?/m0/s1. The van der Waals surface area contributed by atoms with Crippen molar-refractivity contribution in [3.05, 3.63) is 48.0 Å². The zero-order valence-electron chi connectivity index (χ0n) is 28.3. The van der Waals surface area contributed by atoms with Crippen LogP contribution < -0.4 is 14.8 Å². The molecule has 0 amide bonds. The Kier molecular flexibility index (Phi) is 10.5. The van der Waals surface area contributed by atoms with Crippen LogP contribution >= 0.6 is 11.6 Å². The van der Waals surface area contributed by atoms with Crippen molar-refractivity contribution >= 4 is 23.2 Å². The summed E-state index contributed by atoms with van der Waals surface area (Å²) in [4.78, 5) is 12.0. The van der Waals surface area contributed by atoms with Gasteiger partial charge in [-0.3, -0.25) is 9.58 Å². The Labute approximate surface area is 291 Å². The summed E-state index contributed by atoms with van der Waals surface area (Å²) in [6.07, 6.45) is 11.0. The molecule has 49 heavy (non-hydrogen) atoms. The second kappa shape index (κ2) is 15.4. The molecule has 3 fully saturated rings. The van der Waals surface area contributed by atoms with E-state index in [0.29, 0.717) is 53.8 Å². The van der Waals surface area contributed by atoms with Gasteiger partial charge in [0, 0.05) is 36.8 Å². The number of hydrogen-bond donors (Lipinski definition) is 1. The van der Waals surface area contributed by atoms with Gasteiger partial charge in [0.25, 0.3) is 5.88 Å². The predicted octanol–water partition coefficient (Wildman–Crippen LogP) is 5.20. The molecule has 3 aliphatic rings. The molecule has 14 nitrogen and oxygen atoms in total. The summed E-state index contributed by atoms with van der Waals surface area (Å²) in [7, 11) is 0. The lowest BCUT2D eigenvalue weighted by atomic mass is 9.89. The predicted molar refractivity (Wildman–Crippen MR) is 183 cm³/mol. The number of halogens is 1. The first-order valence-corrected chi connectivity index (χ1v) is 17.7. The Bertz CT molecular complexity index is 1650. The minimum absolute atomic E-state index is 0.215. The highest BCUT2D eigenvalue weighted by atomic mass is 35.5. The highest BCUT2D eigenvalue weighted by molar-refractivity contribution is 6.32. The van der Waals surface area contributed by atoms with Gasteiger partial charge in [-0.2, -0.15) is 0 Å². The molecule has 0 bridgehead atoms. The number of morpholine rings is 1. The third-order valence-electron chi connectivity index (χ3n) is 9.47. The lowest BCUT2D eigenvalue weighted by Crippen LogP contribution is -2.51. The average Bonchev–Trinajstić information content (AvgIpc) is 3.73. The molecule has 3 aromatic heterocycles. The van der Waals surface area contributed by atoms with Crippen LogP contribution in [-0.2, 0) is 16.0 Å². The molecular formula is C34H45ClN10O4. The Balaban J connectivity index is 1.05. The number of ether oxygens (including phenoxy) is 4. The molecule has 0 unspecified atom stereocenters. The van der Waals surface area contributed by atoms with Crippen LogP contribution in [0.2, 0.25) is 5.02 Å². The summed E-state index contributed by atoms with van der Waals surface area (Å²) in [5, 5.41) is 20.1. The van der Waals surface area contributed by atoms with E-state index >= 15 is 0 Å². The van der Waals surface area contributed by atoms with E-state index in [-0.39, 0.29) is 18.3 Å². The van der Waals surface area contributed by atoms with Crippen LogP contribution in [0.4, 0.5) is 11.6 Å². The van der Waals surface area contributed by atoms with Gasteiger partial charge < -0.3 is 24.3 Å². The molecule has 262 valence electrons. The van der Waals surface area contributed by atoms with Crippen LogP contribution in [0.3, 0.4) is 0 Å². The van der Waals surface area contributed by atoms with Crippen LogP contribution in [-0.4, -0.2) is 102 Å². The fourth-order valence-corrected chi connectivity index (χ4v) is 7.13. The lowest BCUT2D eigenvalue weighted by molar-refractivity contribution is -0.0852. The SMILES string of the molecule is C[C@@H]1CN(C2CCC(n3cc(Nc4nccc(-c5ccc(Cl)c(O[C@@H](C)Cn6cnnn6)c5)n4)c(OCCC4COC4)n3)CC2)C[C@H](C)O1. The van der Waals surface area contributed by atoms with Gasteiger partial charge in [0.1, 0.15) is 23.9 Å². The van der Waals surface area contributed by atoms with E-state index in [1.54, 1.807) is 17.2 Å². The molecule has 0 spiro atoms. The van der Waals surface area contributed by atoms with E-state index in [1.807, 2.05) is 37.4 Å². The lowest BCUT2D eigenvalue weighted by Gasteiger charge is -2.42. The van der Waals surface area contributed by atoms with Crippen molar-refractivity contribution < 1.29 is 18.9 Å². The fourth-order valence-electron chi connectivity index (χ4n) is 6.97. The van der Waals surface area contributed by atoms with E-state index < -0.39 is 0 Å². The van der Waals surface area contributed by atoms with Gasteiger partial charge in [-0.25, -0.2) is 14.6 Å². The van der Waals surface area contributed by atoms with Crippen LogP contribution in [0.5, 0.6) is 11.6 Å². The number of benzene rings is 1. The minimum atomic E-state index is -0.215. The zero-order chi connectivity index (χ0) is 33.7. The van der Waals surface area contributed by atoms with Crippen LogP contribution in [0.15, 0.2) is 43.0 Å². The van der Waals surface area contributed by atoms with Crippen LogP contribution in [0, 0.1) is 5.92 Å². The largest absolute Gasteiger partial charge is 0.487 e. The van der Waals surface area contributed by atoms with Gasteiger partial charge in [-0.1, -0.05) is 17.7 Å². The molecule has 5 heterocycles. The number of rotatable bonds is 13. The Morgan fingerprint density at radius 2 is 1.86 bits per heavy atom. The molecule has 2 saturated heterocycles. The van der Waals surface area contributed by atoms with Crippen LogP contribution in [0.25, 0.3) is 11.3 Å². The first-order chi connectivity index (χ1) is 23.9. The summed E-state index contributed by atoms with van der Waals surface area (Å²) < 4.78 is 27.4. The number of hydrogen-bond acceptors (Lipinski definition) is 12. The second-order valence-corrected chi connectivity index (χ2v) is 13.9. The van der Waals surface area contributed by atoms with Crippen molar-refractivity contribution in [3.63, 3.8) is 0 Å². The smallest absolute Gasteiger partial charge is 0.256 e. The van der Waals surface area contributed by atoms with Crippen molar-refractivity contribution in [2.45, 2.75) is 89.8 Å². The maximum Gasteiger partial charge on any atom is 0.256 e. The Morgan fingerprint density at radius 3 is 2.59 bits per heavy atom. The van der Waals surface area contributed by atoms with Crippen LogP contribution in [0.1, 0.15) is 58.9 Å². The summed E-state index contributed by atoms with van der Waals surface area (Å²) >= 11 is 6.51. The Hall–Kier alpha value is -3.85. The van der Waals surface area contributed by atoms with Gasteiger partial charge in [0.15, 0.2) is 0 Å². The number of tetrazole rings is 1. The molecule has 3 atom stereocenters. The molecule has 7 rings (SSSR count). The molecule has 4 aromatic rings.